The van der Waals surface area contributed by atoms with Crippen LogP contribution in [0.25, 0.3) is 0 Å². The highest BCUT2D eigenvalue weighted by Gasteiger charge is 2.31. The Morgan fingerprint density at radius 1 is 1.69 bits per heavy atom. The van der Waals surface area contributed by atoms with E-state index in [0.29, 0.717) is 11.1 Å². The molecule has 1 saturated carbocycles. The van der Waals surface area contributed by atoms with Gasteiger partial charge in [0.25, 0.3) is 0 Å². The lowest BCUT2D eigenvalue weighted by molar-refractivity contribution is -0.122. The van der Waals surface area contributed by atoms with Crippen LogP contribution in [0.3, 0.4) is 0 Å². The van der Waals surface area contributed by atoms with Crippen LogP contribution in [-0.4, -0.2) is 22.2 Å². The van der Waals surface area contributed by atoms with E-state index in [0.717, 1.165) is 6.54 Å². The van der Waals surface area contributed by atoms with Crippen LogP contribution < -0.4 is 11.1 Å². The zero-order valence-electron chi connectivity index (χ0n) is 9.57. The van der Waals surface area contributed by atoms with E-state index < -0.39 is 0 Å². The summed E-state index contributed by atoms with van der Waals surface area (Å²) >= 11 is 0. The number of nitrogen functional groups attached to an aromatic ring is 1. The predicted molar refractivity (Wildman–Crippen MR) is 61.6 cm³/mol. The molecule has 1 aromatic heterocycles. The first-order valence-corrected chi connectivity index (χ1v) is 5.62. The van der Waals surface area contributed by atoms with E-state index in [1.165, 1.54) is 19.3 Å². The summed E-state index contributed by atoms with van der Waals surface area (Å²) in [6, 6.07) is 0. The van der Waals surface area contributed by atoms with Gasteiger partial charge in [-0.2, -0.15) is 5.10 Å². The van der Waals surface area contributed by atoms with Gasteiger partial charge in [-0.3, -0.25) is 9.48 Å². The van der Waals surface area contributed by atoms with Crippen molar-refractivity contribution in [1.29, 1.82) is 0 Å². The number of hydrogen-bond donors (Lipinski definition) is 2. The van der Waals surface area contributed by atoms with Gasteiger partial charge < -0.3 is 11.1 Å². The molecule has 0 saturated heterocycles. The third kappa shape index (κ3) is 2.53. The van der Waals surface area contributed by atoms with Crippen LogP contribution in [0.5, 0.6) is 0 Å². The Labute approximate surface area is 95.0 Å². The number of carbonyl (C=O) groups excluding carboxylic acids is 1. The van der Waals surface area contributed by atoms with Crippen LogP contribution in [0.4, 0.5) is 5.69 Å². The Balaban J connectivity index is 1.76. The molecule has 1 aliphatic carbocycles. The van der Waals surface area contributed by atoms with E-state index in [9.17, 15) is 4.79 Å². The molecule has 1 fully saturated rings. The van der Waals surface area contributed by atoms with Crippen molar-refractivity contribution in [3.63, 3.8) is 0 Å². The summed E-state index contributed by atoms with van der Waals surface area (Å²) in [4.78, 5) is 11.6. The molecule has 1 amide bonds. The van der Waals surface area contributed by atoms with Gasteiger partial charge >= 0.3 is 0 Å². The van der Waals surface area contributed by atoms with Gasteiger partial charge in [-0.05, 0) is 18.3 Å². The summed E-state index contributed by atoms with van der Waals surface area (Å²) in [7, 11) is 0. The van der Waals surface area contributed by atoms with Crippen LogP contribution >= 0.6 is 0 Å². The van der Waals surface area contributed by atoms with Gasteiger partial charge in [-0.25, -0.2) is 0 Å². The van der Waals surface area contributed by atoms with Gasteiger partial charge in [0.2, 0.25) is 5.91 Å². The van der Waals surface area contributed by atoms with E-state index in [2.05, 4.69) is 17.3 Å². The standard InChI is InChI=1S/C11H18N4O/c1-11(3-2-4-11)8-13-10(16)7-15-6-9(12)5-14-15/h5-6H,2-4,7-8,12H2,1H3,(H,13,16). The summed E-state index contributed by atoms with van der Waals surface area (Å²) in [5.74, 6) is -0.00350. The first-order chi connectivity index (χ1) is 7.57. The Morgan fingerprint density at radius 3 is 2.94 bits per heavy atom. The van der Waals surface area contributed by atoms with Crippen molar-refractivity contribution in [1.82, 2.24) is 15.1 Å². The number of nitrogens with one attached hydrogen (secondary N) is 1. The number of carbonyl (C=O) groups is 1. The SMILES string of the molecule is CC1(CNC(=O)Cn2cc(N)cn2)CCC1. The lowest BCUT2D eigenvalue weighted by Gasteiger charge is -2.38. The average Bonchev–Trinajstić information content (AvgIpc) is 2.58. The van der Waals surface area contributed by atoms with Crippen molar-refractivity contribution in [2.75, 3.05) is 12.3 Å². The number of amides is 1. The fourth-order valence-electron chi connectivity index (χ4n) is 1.94. The fraction of sp³-hybridized carbons (Fsp3) is 0.636. The van der Waals surface area contributed by atoms with Gasteiger partial charge in [0.15, 0.2) is 0 Å². The van der Waals surface area contributed by atoms with Gasteiger partial charge in [-0.1, -0.05) is 13.3 Å². The molecule has 1 heterocycles. The molecule has 3 N–H and O–H groups in total. The lowest BCUT2D eigenvalue weighted by atomic mass is 9.70. The van der Waals surface area contributed by atoms with Crippen LogP contribution in [0.1, 0.15) is 26.2 Å². The Kier molecular flexibility index (Phi) is 2.85. The van der Waals surface area contributed by atoms with Crippen LogP contribution in [0.2, 0.25) is 0 Å². The van der Waals surface area contributed by atoms with Crippen LogP contribution in [0, 0.1) is 5.41 Å². The van der Waals surface area contributed by atoms with Crippen molar-refractivity contribution in [2.24, 2.45) is 5.41 Å². The molecular formula is C11H18N4O. The number of hydrogen-bond acceptors (Lipinski definition) is 3. The number of aromatic nitrogens is 2. The average molecular weight is 222 g/mol. The van der Waals surface area contributed by atoms with Crippen molar-refractivity contribution < 1.29 is 4.79 Å². The molecule has 2 rings (SSSR count). The molecular weight excluding hydrogens is 204 g/mol. The molecule has 1 aliphatic rings. The van der Waals surface area contributed by atoms with Crippen molar-refractivity contribution in [3.8, 4) is 0 Å². The van der Waals surface area contributed by atoms with Gasteiger partial charge in [-0.15, -0.1) is 0 Å². The minimum atomic E-state index is -0.00350. The number of nitrogens with two attached hydrogens (primary N) is 1. The lowest BCUT2D eigenvalue weighted by Crippen LogP contribution is -2.41. The highest BCUT2D eigenvalue weighted by atomic mass is 16.2. The van der Waals surface area contributed by atoms with E-state index in [1.807, 2.05) is 0 Å². The van der Waals surface area contributed by atoms with Crippen molar-refractivity contribution in [2.45, 2.75) is 32.7 Å². The molecule has 0 aromatic carbocycles. The van der Waals surface area contributed by atoms with Crippen LogP contribution in [-0.2, 0) is 11.3 Å². The summed E-state index contributed by atoms with van der Waals surface area (Å²) in [6.07, 6.45) is 6.90. The summed E-state index contributed by atoms with van der Waals surface area (Å²) < 4.78 is 1.55. The quantitative estimate of drug-likeness (QED) is 0.790. The topological polar surface area (TPSA) is 72.9 Å². The molecule has 0 unspecified atom stereocenters. The number of anilines is 1. The second-order valence-electron chi connectivity index (χ2n) is 4.91. The predicted octanol–water partition coefficient (Wildman–Crippen LogP) is 0.772. The molecule has 1 aromatic rings. The minimum absolute atomic E-state index is 0.00350. The normalized spacial score (nSPS) is 17.8. The second-order valence-corrected chi connectivity index (χ2v) is 4.91. The molecule has 88 valence electrons. The van der Waals surface area contributed by atoms with E-state index in [1.54, 1.807) is 17.1 Å². The summed E-state index contributed by atoms with van der Waals surface area (Å²) in [5.41, 5.74) is 6.41. The minimum Gasteiger partial charge on any atom is -0.396 e. The third-order valence-electron chi connectivity index (χ3n) is 3.23. The fourth-order valence-corrected chi connectivity index (χ4v) is 1.94. The van der Waals surface area contributed by atoms with Crippen molar-refractivity contribution >= 4 is 11.6 Å². The molecule has 0 aliphatic heterocycles. The second kappa shape index (κ2) is 4.15. The number of nitrogens with zero attached hydrogens (tertiary/aromatic N) is 2. The highest BCUT2D eigenvalue weighted by Crippen LogP contribution is 2.39. The maximum absolute atomic E-state index is 11.6. The largest absolute Gasteiger partial charge is 0.396 e. The Morgan fingerprint density at radius 2 is 2.44 bits per heavy atom. The molecule has 16 heavy (non-hydrogen) atoms. The first kappa shape index (κ1) is 11.0. The van der Waals surface area contributed by atoms with E-state index in [4.69, 9.17) is 5.73 Å². The summed E-state index contributed by atoms with van der Waals surface area (Å²) in [6.45, 7) is 3.22. The highest BCUT2D eigenvalue weighted by molar-refractivity contribution is 5.75. The zero-order valence-corrected chi connectivity index (χ0v) is 9.57. The molecule has 5 heteroatoms. The molecule has 0 atom stereocenters. The van der Waals surface area contributed by atoms with E-state index in [-0.39, 0.29) is 12.5 Å². The molecule has 0 spiro atoms. The third-order valence-corrected chi connectivity index (χ3v) is 3.23. The van der Waals surface area contributed by atoms with Gasteiger partial charge in [0.1, 0.15) is 6.54 Å². The van der Waals surface area contributed by atoms with E-state index >= 15 is 0 Å². The van der Waals surface area contributed by atoms with Gasteiger partial charge in [0, 0.05) is 12.7 Å². The maximum Gasteiger partial charge on any atom is 0.241 e. The Hall–Kier alpha value is -1.52. The first-order valence-electron chi connectivity index (χ1n) is 5.62. The molecule has 5 nitrogen and oxygen atoms in total. The van der Waals surface area contributed by atoms with Crippen LogP contribution in [0.15, 0.2) is 12.4 Å². The zero-order chi connectivity index (χ0) is 11.6. The molecule has 0 bridgehead atoms. The molecule has 0 radical (unpaired) electrons. The number of rotatable bonds is 4. The van der Waals surface area contributed by atoms with Crippen molar-refractivity contribution in [3.05, 3.63) is 12.4 Å². The maximum atomic E-state index is 11.6. The Bertz CT molecular complexity index is 381. The summed E-state index contributed by atoms with van der Waals surface area (Å²) in [5, 5.41) is 6.91. The smallest absolute Gasteiger partial charge is 0.241 e. The van der Waals surface area contributed by atoms with Gasteiger partial charge in [0.05, 0.1) is 11.9 Å². The monoisotopic (exact) mass is 222 g/mol.